The highest BCUT2D eigenvalue weighted by molar-refractivity contribution is 7.89. The maximum Gasteiger partial charge on any atom is 0.209 e. The number of fused-ring (bicyclic) bond motifs is 1. The highest BCUT2D eigenvalue weighted by atomic mass is 32.2. The quantitative estimate of drug-likeness (QED) is 0.914. The standard InChI is InChI=1S/C18H24N2O2S/c19-23(21,22)14-15-8-11-20(12-9-15)13-10-17-6-3-5-16-4-1-2-7-18(16)17/h1-7,15H,8-14H2,(H2,19,21,22). The smallest absolute Gasteiger partial charge is 0.209 e. The lowest BCUT2D eigenvalue weighted by atomic mass is 9.98. The second-order valence-electron chi connectivity index (χ2n) is 6.50. The number of nitrogens with zero attached hydrogens (tertiary/aromatic N) is 1. The molecule has 0 unspecified atom stereocenters. The lowest BCUT2D eigenvalue weighted by Gasteiger charge is -2.31. The number of likely N-dealkylation sites (tertiary alicyclic amines) is 1. The average Bonchev–Trinajstić information content (AvgIpc) is 2.53. The molecule has 3 rings (SSSR count). The number of hydrogen-bond donors (Lipinski definition) is 1. The van der Waals surface area contributed by atoms with Crippen LogP contribution in [0.25, 0.3) is 10.8 Å². The third-order valence-corrected chi connectivity index (χ3v) is 5.69. The van der Waals surface area contributed by atoms with E-state index in [-0.39, 0.29) is 11.7 Å². The Bertz CT molecular complexity index is 760. The van der Waals surface area contributed by atoms with Gasteiger partial charge in [0.2, 0.25) is 10.0 Å². The Kier molecular flexibility index (Phi) is 4.99. The van der Waals surface area contributed by atoms with Crippen LogP contribution in [0.2, 0.25) is 0 Å². The van der Waals surface area contributed by atoms with Crippen LogP contribution in [0.15, 0.2) is 42.5 Å². The molecule has 23 heavy (non-hydrogen) atoms. The third-order valence-electron chi connectivity index (χ3n) is 4.75. The number of sulfonamides is 1. The number of hydrogen-bond acceptors (Lipinski definition) is 3. The van der Waals surface area contributed by atoms with E-state index in [1.54, 1.807) is 0 Å². The summed E-state index contributed by atoms with van der Waals surface area (Å²) in [6, 6.07) is 15.0. The first-order valence-corrected chi connectivity index (χ1v) is 9.92. The molecule has 5 heteroatoms. The molecule has 2 N–H and O–H groups in total. The summed E-state index contributed by atoms with van der Waals surface area (Å²) >= 11 is 0. The van der Waals surface area contributed by atoms with Gasteiger partial charge in [-0.05, 0) is 54.6 Å². The van der Waals surface area contributed by atoms with Gasteiger partial charge in [0.1, 0.15) is 0 Å². The number of rotatable bonds is 5. The molecule has 0 saturated carbocycles. The van der Waals surface area contributed by atoms with Crippen LogP contribution in [0, 0.1) is 5.92 Å². The summed E-state index contributed by atoms with van der Waals surface area (Å²) < 4.78 is 22.4. The van der Waals surface area contributed by atoms with Crippen molar-refractivity contribution in [1.29, 1.82) is 0 Å². The van der Waals surface area contributed by atoms with E-state index in [0.29, 0.717) is 0 Å². The molecule has 1 heterocycles. The minimum Gasteiger partial charge on any atom is -0.303 e. The zero-order valence-corrected chi connectivity index (χ0v) is 14.1. The molecule has 0 amide bonds. The molecule has 0 radical (unpaired) electrons. The fraction of sp³-hybridized carbons (Fsp3) is 0.444. The molecule has 0 spiro atoms. The molecule has 4 nitrogen and oxygen atoms in total. The van der Waals surface area contributed by atoms with Gasteiger partial charge < -0.3 is 4.90 Å². The van der Waals surface area contributed by atoms with Crippen LogP contribution in [-0.2, 0) is 16.4 Å². The topological polar surface area (TPSA) is 63.4 Å². The van der Waals surface area contributed by atoms with E-state index >= 15 is 0 Å². The van der Waals surface area contributed by atoms with Crippen molar-refractivity contribution < 1.29 is 8.42 Å². The first kappa shape index (κ1) is 16.4. The number of piperidine rings is 1. The van der Waals surface area contributed by atoms with Gasteiger partial charge in [-0.3, -0.25) is 0 Å². The molecule has 0 aliphatic carbocycles. The minimum atomic E-state index is -3.34. The van der Waals surface area contributed by atoms with Crippen molar-refractivity contribution in [3.63, 3.8) is 0 Å². The van der Waals surface area contributed by atoms with Crippen LogP contribution < -0.4 is 5.14 Å². The van der Waals surface area contributed by atoms with E-state index in [9.17, 15) is 8.42 Å². The summed E-state index contributed by atoms with van der Waals surface area (Å²) in [7, 11) is -3.34. The number of benzene rings is 2. The van der Waals surface area contributed by atoms with Crippen LogP contribution in [0.5, 0.6) is 0 Å². The molecule has 1 saturated heterocycles. The molecular weight excluding hydrogens is 308 g/mol. The van der Waals surface area contributed by atoms with Crippen molar-refractivity contribution >= 4 is 20.8 Å². The van der Waals surface area contributed by atoms with Gasteiger partial charge >= 0.3 is 0 Å². The van der Waals surface area contributed by atoms with Gasteiger partial charge in [0, 0.05) is 6.54 Å². The van der Waals surface area contributed by atoms with Gasteiger partial charge in [0.05, 0.1) is 5.75 Å². The molecule has 124 valence electrons. The summed E-state index contributed by atoms with van der Waals surface area (Å²) in [5.41, 5.74) is 1.38. The van der Waals surface area contributed by atoms with E-state index in [1.165, 1.54) is 16.3 Å². The molecule has 0 bridgehead atoms. The number of nitrogens with two attached hydrogens (primary N) is 1. The lowest BCUT2D eigenvalue weighted by molar-refractivity contribution is 0.195. The van der Waals surface area contributed by atoms with Gasteiger partial charge in [0.15, 0.2) is 0 Å². The fourth-order valence-electron chi connectivity index (χ4n) is 3.49. The zero-order chi connectivity index (χ0) is 16.3. The predicted molar refractivity (Wildman–Crippen MR) is 94.8 cm³/mol. The van der Waals surface area contributed by atoms with Gasteiger partial charge in [-0.1, -0.05) is 42.5 Å². The molecule has 2 aromatic carbocycles. The van der Waals surface area contributed by atoms with Crippen molar-refractivity contribution in [2.75, 3.05) is 25.4 Å². The summed E-state index contributed by atoms with van der Waals surface area (Å²) in [5.74, 6) is 0.350. The Hall–Kier alpha value is -1.43. The van der Waals surface area contributed by atoms with Gasteiger partial charge in [-0.25, -0.2) is 13.6 Å². The van der Waals surface area contributed by atoms with E-state index in [0.717, 1.165) is 38.9 Å². The fourth-order valence-corrected chi connectivity index (χ4v) is 4.48. The monoisotopic (exact) mass is 332 g/mol. The lowest BCUT2D eigenvalue weighted by Crippen LogP contribution is -2.38. The Balaban J connectivity index is 1.55. The van der Waals surface area contributed by atoms with E-state index < -0.39 is 10.0 Å². The molecule has 0 aromatic heterocycles. The van der Waals surface area contributed by atoms with Crippen molar-refractivity contribution in [1.82, 2.24) is 4.90 Å². The van der Waals surface area contributed by atoms with Gasteiger partial charge in [-0.15, -0.1) is 0 Å². The molecule has 2 aromatic rings. The van der Waals surface area contributed by atoms with Crippen LogP contribution >= 0.6 is 0 Å². The molecular formula is C18H24N2O2S. The van der Waals surface area contributed by atoms with Crippen LogP contribution in [0.4, 0.5) is 0 Å². The molecule has 1 aliphatic heterocycles. The SMILES string of the molecule is NS(=O)(=O)CC1CCN(CCc2cccc3ccccc23)CC1. The Morgan fingerprint density at radius 1 is 1.04 bits per heavy atom. The minimum absolute atomic E-state index is 0.129. The summed E-state index contributed by atoms with van der Waals surface area (Å²) in [6.45, 7) is 2.95. The van der Waals surface area contributed by atoms with Crippen molar-refractivity contribution in [3.8, 4) is 0 Å². The predicted octanol–water partition coefficient (Wildman–Crippen LogP) is 2.38. The van der Waals surface area contributed by atoms with Crippen LogP contribution in [0.1, 0.15) is 18.4 Å². The van der Waals surface area contributed by atoms with E-state index in [1.807, 2.05) is 0 Å². The Labute approximate surface area is 138 Å². The van der Waals surface area contributed by atoms with Crippen molar-refractivity contribution in [2.45, 2.75) is 19.3 Å². The first-order valence-electron chi connectivity index (χ1n) is 8.21. The van der Waals surface area contributed by atoms with Gasteiger partial charge in [0.25, 0.3) is 0 Å². The molecule has 1 aliphatic rings. The zero-order valence-electron chi connectivity index (χ0n) is 13.3. The van der Waals surface area contributed by atoms with E-state index in [2.05, 4.69) is 47.4 Å². The highest BCUT2D eigenvalue weighted by Crippen LogP contribution is 2.21. The number of primary sulfonamides is 1. The summed E-state index contributed by atoms with van der Waals surface area (Å²) in [4.78, 5) is 2.43. The van der Waals surface area contributed by atoms with Crippen molar-refractivity contribution in [2.24, 2.45) is 11.1 Å². The second-order valence-corrected chi connectivity index (χ2v) is 8.16. The Morgan fingerprint density at radius 2 is 1.74 bits per heavy atom. The Morgan fingerprint density at radius 3 is 2.48 bits per heavy atom. The van der Waals surface area contributed by atoms with E-state index in [4.69, 9.17) is 5.14 Å². The van der Waals surface area contributed by atoms with Crippen LogP contribution in [0.3, 0.4) is 0 Å². The normalized spacial score (nSPS) is 17.6. The maximum absolute atomic E-state index is 11.2. The van der Waals surface area contributed by atoms with Gasteiger partial charge in [-0.2, -0.15) is 0 Å². The molecule has 0 atom stereocenters. The largest absolute Gasteiger partial charge is 0.303 e. The third kappa shape index (κ3) is 4.53. The highest BCUT2D eigenvalue weighted by Gasteiger charge is 2.22. The average molecular weight is 332 g/mol. The second kappa shape index (κ2) is 6.99. The molecule has 1 fully saturated rings. The first-order chi connectivity index (χ1) is 11.0. The van der Waals surface area contributed by atoms with Crippen LogP contribution in [-0.4, -0.2) is 38.7 Å². The summed E-state index contributed by atoms with van der Waals surface area (Å²) in [5, 5.41) is 7.77. The summed E-state index contributed by atoms with van der Waals surface area (Å²) in [6.07, 6.45) is 2.87. The van der Waals surface area contributed by atoms with Crippen molar-refractivity contribution in [3.05, 3.63) is 48.0 Å². The maximum atomic E-state index is 11.2.